The minimum absolute atomic E-state index is 0.0263. The summed E-state index contributed by atoms with van der Waals surface area (Å²) in [5.41, 5.74) is 3.46. The fraction of sp³-hybridized carbons (Fsp3) is 0.818. The molecule has 1 saturated carbocycles. The van der Waals surface area contributed by atoms with Crippen LogP contribution in [0.4, 0.5) is 0 Å². The maximum Gasteiger partial charge on any atom is 0.154 e. The van der Waals surface area contributed by atoms with E-state index in [2.05, 4.69) is 31.1 Å². The van der Waals surface area contributed by atoms with Gasteiger partial charge in [0.15, 0.2) is 5.60 Å². The summed E-state index contributed by atoms with van der Waals surface area (Å²) >= 11 is 0. The molecule has 13 heavy (non-hydrogen) atoms. The summed E-state index contributed by atoms with van der Waals surface area (Å²) in [6, 6.07) is 0. The van der Waals surface area contributed by atoms with Crippen LogP contribution in [0.3, 0.4) is 0 Å². The quantitative estimate of drug-likeness (QED) is 0.328. The maximum absolute atomic E-state index is 5.71. The van der Waals surface area contributed by atoms with E-state index < -0.39 is 8.07 Å². The molecule has 2 aliphatic rings. The molecule has 1 aliphatic heterocycles. The topological polar surface area (TPSA) is 12.5 Å². The van der Waals surface area contributed by atoms with Crippen LogP contribution in [0.1, 0.15) is 25.7 Å². The zero-order valence-corrected chi connectivity index (χ0v) is 9.81. The van der Waals surface area contributed by atoms with Crippen LogP contribution in [0.25, 0.3) is 0 Å². The van der Waals surface area contributed by atoms with Crippen LogP contribution >= 0.6 is 0 Å². The fourth-order valence-electron chi connectivity index (χ4n) is 1.91. The molecule has 0 amide bonds. The second kappa shape index (κ2) is 2.86. The molecule has 0 aromatic carbocycles. The van der Waals surface area contributed by atoms with E-state index in [1.54, 1.807) is 0 Å². The first-order valence-corrected chi connectivity index (χ1v) is 8.74. The largest absolute Gasteiger partial charge is 0.352 e. The summed E-state index contributed by atoms with van der Waals surface area (Å²) in [6.07, 6.45) is 5.54. The molecule has 1 nitrogen and oxygen atoms in total. The average Bonchev–Trinajstić information content (AvgIpc) is 2.74. The van der Waals surface area contributed by atoms with Crippen molar-refractivity contribution in [1.82, 2.24) is 0 Å². The molecular formula is C11H18OSi. The summed E-state index contributed by atoms with van der Waals surface area (Å²) in [4.78, 5) is 0. The van der Waals surface area contributed by atoms with Gasteiger partial charge in [-0.2, -0.15) is 0 Å². The zero-order chi connectivity index (χ0) is 9.53. The minimum Gasteiger partial charge on any atom is -0.352 e. The van der Waals surface area contributed by atoms with Gasteiger partial charge in [0.2, 0.25) is 0 Å². The molecule has 1 saturated heterocycles. The highest BCUT2D eigenvalue weighted by Gasteiger charge is 2.56. The molecule has 0 bridgehead atoms. The van der Waals surface area contributed by atoms with Crippen LogP contribution in [0.15, 0.2) is 0 Å². The summed E-state index contributed by atoms with van der Waals surface area (Å²) in [6.45, 7) is 6.87. The second-order valence-corrected chi connectivity index (χ2v) is 9.99. The van der Waals surface area contributed by atoms with Gasteiger partial charge in [-0.25, -0.2) is 0 Å². The van der Waals surface area contributed by atoms with Gasteiger partial charge in [0.25, 0.3) is 0 Å². The Morgan fingerprint density at radius 3 is 2.69 bits per heavy atom. The van der Waals surface area contributed by atoms with E-state index in [1.165, 1.54) is 25.7 Å². The molecule has 0 radical (unpaired) electrons. The number of hydrogen-bond donors (Lipinski definition) is 0. The van der Waals surface area contributed by atoms with Crippen molar-refractivity contribution in [1.29, 1.82) is 0 Å². The van der Waals surface area contributed by atoms with Gasteiger partial charge in [-0.3, -0.25) is 0 Å². The lowest BCUT2D eigenvalue weighted by Crippen LogP contribution is -2.21. The lowest BCUT2D eigenvalue weighted by molar-refractivity contribution is 0.336. The third-order valence-electron chi connectivity index (χ3n) is 2.73. The third kappa shape index (κ3) is 1.97. The van der Waals surface area contributed by atoms with Gasteiger partial charge in [0.05, 0.1) is 6.10 Å². The predicted molar refractivity (Wildman–Crippen MR) is 57.2 cm³/mol. The Balaban J connectivity index is 2.05. The number of ether oxygens (including phenoxy) is 1. The molecule has 0 aromatic rings. The molecule has 2 fully saturated rings. The normalized spacial score (nSPS) is 37.3. The van der Waals surface area contributed by atoms with Crippen molar-refractivity contribution in [3.63, 3.8) is 0 Å². The van der Waals surface area contributed by atoms with E-state index >= 15 is 0 Å². The first-order chi connectivity index (χ1) is 6.02. The summed E-state index contributed by atoms with van der Waals surface area (Å²) < 4.78 is 5.71. The lowest BCUT2D eigenvalue weighted by Gasteiger charge is -2.12. The molecule has 1 heterocycles. The van der Waals surface area contributed by atoms with Crippen molar-refractivity contribution in [3.8, 4) is 11.5 Å². The van der Waals surface area contributed by atoms with Crippen molar-refractivity contribution in [2.45, 2.75) is 57.0 Å². The van der Waals surface area contributed by atoms with Crippen LogP contribution in [-0.4, -0.2) is 19.8 Å². The fourth-order valence-corrected chi connectivity index (χ4v) is 2.50. The van der Waals surface area contributed by atoms with E-state index in [1.807, 2.05) is 0 Å². The molecule has 0 N–H and O–H groups in total. The molecular weight excluding hydrogens is 176 g/mol. The van der Waals surface area contributed by atoms with Crippen LogP contribution < -0.4 is 0 Å². The van der Waals surface area contributed by atoms with Crippen LogP contribution in [0, 0.1) is 11.5 Å². The first-order valence-electron chi connectivity index (χ1n) is 5.24. The van der Waals surface area contributed by atoms with Gasteiger partial charge in [-0.1, -0.05) is 32.0 Å². The van der Waals surface area contributed by atoms with E-state index in [0.717, 1.165) is 0 Å². The van der Waals surface area contributed by atoms with Crippen LogP contribution in [0.2, 0.25) is 19.6 Å². The Hall–Kier alpha value is -0.263. The maximum atomic E-state index is 5.71. The molecule has 0 spiro atoms. The van der Waals surface area contributed by atoms with E-state index in [-0.39, 0.29) is 5.60 Å². The molecule has 2 rings (SSSR count). The Bertz CT molecular complexity index is 268. The van der Waals surface area contributed by atoms with Gasteiger partial charge in [0.1, 0.15) is 8.07 Å². The first kappa shape index (κ1) is 9.30. The number of rotatable bonds is 0. The molecule has 0 aromatic heterocycles. The Kier molecular flexibility index (Phi) is 2.05. The highest BCUT2D eigenvalue weighted by molar-refractivity contribution is 6.83. The molecule has 1 aliphatic carbocycles. The van der Waals surface area contributed by atoms with Crippen molar-refractivity contribution >= 4 is 8.07 Å². The highest BCUT2D eigenvalue weighted by atomic mass is 28.3. The molecule has 2 heteroatoms. The van der Waals surface area contributed by atoms with Crippen molar-refractivity contribution in [3.05, 3.63) is 0 Å². The van der Waals surface area contributed by atoms with Crippen molar-refractivity contribution in [2.75, 3.05) is 0 Å². The second-order valence-electron chi connectivity index (χ2n) is 5.24. The smallest absolute Gasteiger partial charge is 0.154 e. The molecule has 72 valence electrons. The van der Waals surface area contributed by atoms with E-state index in [4.69, 9.17) is 4.74 Å². The Morgan fingerprint density at radius 1 is 1.31 bits per heavy atom. The SMILES string of the molecule is C[Si](C)(C)C#C[C@@]12CCCC[C@@H]1O2. The zero-order valence-electron chi connectivity index (χ0n) is 8.81. The number of hydrogen-bond acceptors (Lipinski definition) is 1. The average molecular weight is 194 g/mol. The van der Waals surface area contributed by atoms with Gasteiger partial charge in [0, 0.05) is 0 Å². The summed E-state index contributed by atoms with van der Waals surface area (Å²) in [5.74, 6) is 3.40. The van der Waals surface area contributed by atoms with Gasteiger partial charge >= 0.3 is 0 Å². The molecule has 2 atom stereocenters. The van der Waals surface area contributed by atoms with Crippen molar-refractivity contribution < 1.29 is 4.74 Å². The highest BCUT2D eigenvalue weighted by Crippen LogP contribution is 2.47. The number of epoxide rings is 1. The number of fused-ring (bicyclic) bond motifs is 1. The molecule has 0 unspecified atom stereocenters. The standard InChI is InChI=1S/C11H18OSi/c1-13(2,3)9-8-11-7-5-4-6-10(11)12-11/h10H,4-7H2,1-3H3/t10-,11-/m0/s1. The summed E-state index contributed by atoms with van der Waals surface area (Å²) in [7, 11) is -1.20. The minimum atomic E-state index is -1.20. The van der Waals surface area contributed by atoms with Gasteiger partial charge in [-0.05, 0) is 19.3 Å². The van der Waals surface area contributed by atoms with Gasteiger partial charge < -0.3 is 4.74 Å². The van der Waals surface area contributed by atoms with E-state index in [0.29, 0.717) is 6.10 Å². The Labute approximate surface area is 81.9 Å². The third-order valence-corrected chi connectivity index (χ3v) is 3.60. The summed E-state index contributed by atoms with van der Waals surface area (Å²) in [5, 5.41) is 0. The van der Waals surface area contributed by atoms with Crippen LogP contribution in [0.5, 0.6) is 0 Å². The predicted octanol–water partition coefficient (Wildman–Crippen LogP) is 2.58. The van der Waals surface area contributed by atoms with Gasteiger partial charge in [-0.15, -0.1) is 5.54 Å². The Morgan fingerprint density at radius 2 is 2.08 bits per heavy atom. The lowest BCUT2D eigenvalue weighted by atomic mass is 9.90. The van der Waals surface area contributed by atoms with Crippen molar-refractivity contribution in [2.24, 2.45) is 0 Å². The van der Waals surface area contributed by atoms with E-state index in [9.17, 15) is 0 Å². The van der Waals surface area contributed by atoms with Crippen LogP contribution in [-0.2, 0) is 4.74 Å². The monoisotopic (exact) mass is 194 g/mol.